The molecule has 0 aromatic heterocycles. The standard InChI is InChI=1S/C25H26O/c1-24(2,3)17-13-20(16-9-7-6-8-10-16)23-21(14-17)19-12-11-18(26)15-22(19)25(23,4)5/h6-15,26H,1-5H3. The maximum atomic E-state index is 10.1. The van der Waals surface area contributed by atoms with Gasteiger partial charge in [0.25, 0.3) is 0 Å². The second-order valence-electron chi connectivity index (χ2n) is 8.92. The van der Waals surface area contributed by atoms with Crippen LogP contribution in [0, 0.1) is 0 Å². The molecule has 0 saturated carbocycles. The summed E-state index contributed by atoms with van der Waals surface area (Å²) in [6.07, 6.45) is 0. The Bertz CT molecular complexity index is 989. The summed E-state index contributed by atoms with van der Waals surface area (Å²) in [6.45, 7) is 11.3. The van der Waals surface area contributed by atoms with Crippen molar-refractivity contribution in [2.24, 2.45) is 0 Å². The Morgan fingerprint density at radius 1 is 0.769 bits per heavy atom. The molecule has 26 heavy (non-hydrogen) atoms. The molecular formula is C25H26O. The van der Waals surface area contributed by atoms with Gasteiger partial charge >= 0.3 is 0 Å². The minimum Gasteiger partial charge on any atom is -0.508 e. The second kappa shape index (κ2) is 5.48. The average Bonchev–Trinajstić information content (AvgIpc) is 2.82. The number of benzene rings is 3. The van der Waals surface area contributed by atoms with Gasteiger partial charge in [0.05, 0.1) is 0 Å². The van der Waals surface area contributed by atoms with Crippen molar-refractivity contribution in [3.8, 4) is 28.0 Å². The molecule has 3 aromatic rings. The third-order valence-corrected chi connectivity index (χ3v) is 5.68. The number of phenolic OH excluding ortho intramolecular Hbond substituents is 1. The van der Waals surface area contributed by atoms with Crippen LogP contribution in [0.5, 0.6) is 5.75 Å². The maximum Gasteiger partial charge on any atom is 0.115 e. The fourth-order valence-corrected chi connectivity index (χ4v) is 4.23. The summed E-state index contributed by atoms with van der Waals surface area (Å²) in [5.41, 5.74) is 8.92. The van der Waals surface area contributed by atoms with Gasteiger partial charge < -0.3 is 5.11 Å². The molecule has 1 nitrogen and oxygen atoms in total. The molecule has 1 heteroatoms. The molecule has 0 radical (unpaired) electrons. The predicted molar refractivity (Wildman–Crippen MR) is 110 cm³/mol. The lowest BCUT2D eigenvalue weighted by atomic mass is 9.76. The number of hydrogen-bond donors (Lipinski definition) is 1. The van der Waals surface area contributed by atoms with Crippen LogP contribution in [0.3, 0.4) is 0 Å². The Morgan fingerprint density at radius 3 is 2.08 bits per heavy atom. The first-order valence-electron chi connectivity index (χ1n) is 9.28. The minimum absolute atomic E-state index is 0.0718. The lowest BCUT2D eigenvalue weighted by Crippen LogP contribution is -2.18. The average molecular weight is 342 g/mol. The molecule has 0 saturated heterocycles. The summed E-state index contributed by atoms with van der Waals surface area (Å²) in [7, 11) is 0. The topological polar surface area (TPSA) is 20.2 Å². The molecule has 4 rings (SSSR count). The van der Waals surface area contributed by atoms with Crippen LogP contribution in [0.2, 0.25) is 0 Å². The van der Waals surface area contributed by atoms with Gasteiger partial charge in [0, 0.05) is 5.41 Å². The largest absolute Gasteiger partial charge is 0.508 e. The van der Waals surface area contributed by atoms with Gasteiger partial charge in [-0.05, 0) is 56.5 Å². The molecule has 0 unspecified atom stereocenters. The molecule has 1 aliphatic rings. The lowest BCUT2D eigenvalue weighted by molar-refractivity contribution is 0.473. The molecule has 0 aliphatic heterocycles. The molecular weight excluding hydrogens is 316 g/mol. The summed E-state index contributed by atoms with van der Waals surface area (Å²) in [6, 6.07) is 21.2. The van der Waals surface area contributed by atoms with E-state index in [2.05, 4.69) is 83.1 Å². The molecule has 1 N–H and O–H groups in total. The first kappa shape index (κ1) is 16.9. The van der Waals surface area contributed by atoms with Crippen LogP contribution < -0.4 is 0 Å². The van der Waals surface area contributed by atoms with Crippen LogP contribution in [0.4, 0.5) is 0 Å². The molecule has 0 heterocycles. The maximum absolute atomic E-state index is 10.1. The smallest absolute Gasteiger partial charge is 0.115 e. The summed E-state index contributed by atoms with van der Waals surface area (Å²) >= 11 is 0. The Hall–Kier alpha value is -2.54. The first-order valence-corrected chi connectivity index (χ1v) is 9.28. The van der Waals surface area contributed by atoms with Crippen LogP contribution in [0.15, 0.2) is 60.7 Å². The van der Waals surface area contributed by atoms with Crippen LogP contribution in [-0.4, -0.2) is 5.11 Å². The van der Waals surface area contributed by atoms with E-state index in [4.69, 9.17) is 0 Å². The number of phenols is 1. The van der Waals surface area contributed by atoms with Gasteiger partial charge in [-0.15, -0.1) is 0 Å². The normalized spacial score (nSPS) is 14.8. The highest BCUT2D eigenvalue weighted by Crippen LogP contribution is 2.54. The third-order valence-electron chi connectivity index (χ3n) is 5.68. The van der Waals surface area contributed by atoms with E-state index < -0.39 is 0 Å². The Kier molecular flexibility index (Phi) is 3.56. The van der Waals surface area contributed by atoms with Crippen molar-refractivity contribution < 1.29 is 5.11 Å². The highest BCUT2D eigenvalue weighted by molar-refractivity contribution is 5.89. The fourth-order valence-electron chi connectivity index (χ4n) is 4.23. The Balaban J connectivity index is 2.11. The van der Waals surface area contributed by atoms with E-state index in [1.54, 1.807) is 6.07 Å². The van der Waals surface area contributed by atoms with Gasteiger partial charge in [-0.2, -0.15) is 0 Å². The second-order valence-corrected chi connectivity index (χ2v) is 8.92. The van der Waals surface area contributed by atoms with Crippen molar-refractivity contribution in [2.45, 2.75) is 45.4 Å². The van der Waals surface area contributed by atoms with Crippen molar-refractivity contribution >= 4 is 0 Å². The van der Waals surface area contributed by atoms with Crippen molar-refractivity contribution in [1.29, 1.82) is 0 Å². The van der Waals surface area contributed by atoms with Gasteiger partial charge in [-0.3, -0.25) is 0 Å². The van der Waals surface area contributed by atoms with Gasteiger partial charge in [0.1, 0.15) is 5.75 Å². The highest BCUT2D eigenvalue weighted by atomic mass is 16.3. The molecule has 132 valence electrons. The SMILES string of the molecule is CC(C)(C)c1cc(-c2ccccc2)c2c(c1)-c1ccc(O)cc1C2(C)C. The lowest BCUT2D eigenvalue weighted by Gasteiger charge is -2.27. The molecule has 0 bridgehead atoms. The molecule has 1 aliphatic carbocycles. The zero-order valence-electron chi connectivity index (χ0n) is 16.2. The molecule has 0 spiro atoms. The van der Waals surface area contributed by atoms with E-state index in [1.165, 1.54) is 38.9 Å². The molecule has 0 amide bonds. The number of fused-ring (bicyclic) bond motifs is 3. The Morgan fingerprint density at radius 2 is 1.42 bits per heavy atom. The summed E-state index contributed by atoms with van der Waals surface area (Å²) < 4.78 is 0. The van der Waals surface area contributed by atoms with Crippen molar-refractivity contribution in [3.63, 3.8) is 0 Å². The summed E-state index contributed by atoms with van der Waals surface area (Å²) in [5, 5.41) is 10.1. The predicted octanol–water partition coefficient (Wildman–Crippen LogP) is 6.66. The van der Waals surface area contributed by atoms with Crippen molar-refractivity contribution in [3.05, 3.63) is 77.4 Å². The molecule has 3 aromatic carbocycles. The molecule has 0 fully saturated rings. The van der Waals surface area contributed by atoms with E-state index in [-0.39, 0.29) is 10.8 Å². The number of aromatic hydroxyl groups is 1. The summed E-state index contributed by atoms with van der Waals surface area (Å²) in [4.78, 5) is 0. The van der Waals surface area contributed by atoms with Crippen LogP contribution in [-0.2, 0) is 10.8 Å². The molecule has 0 atom stereocenters. The fraction of sp³-hybridized carbons (Fsp3) is 0.280. The zero-order chi connectivity index (χ0) is 18.7. The quantitative estimate of drug-likeness (QED) is 0.524. The van der Waals surface area contributed by atoms with Crippen LogP contribution in [0.1, 0.15) is 51.3 Å². The van der Waals surface area contributed by atoms with Crippen molar-refractivity contribution in [2.75, 3.05) is 0 Å². The minimum atomic E-state index is -0.148. The zero-order valence-corrected chi connectivity index (χ0v) is 16.2. The van der Waals surface area contributed by atoms with Gasteiger partial charge in [0.2, 0.25) is 0 Å². The first-order chi connectivity index (χ1) is 12.2. The number of hydrogen-bond acceptors (Lipinski definition) is 1. The van der Waals surface area contributed by atoms with E-state index in [0.717, 1.165) is 0 Å². The third kappa shape index (κ3) is 2.46. The van der Waals surface area contributed by atoms with E-state index in [0.29, 0.717) is 5.75 Å². The van der Waals surface area contributed by atoms with E-state index in [9.17, 15) is 5.11 Å². The van der Waals surface area contributed by atoms with Crippen LogP contribution >= 0.6 is 0 Å². The number of rotatable bonds is 1. The van der Waals surface area contributed by atoms with Gasteiger partial charge in [0.15, 0.2) is 0 Å². The monoisotopic (exact) mass is 342 g/mol. The summed E-state index contributed by atoms with van der Waals surface area (Å²) in [5.74, 6) is 0.335. The van der Waals surface area contributed by atoms with Crippen molar-refractivity contribution in [1.82, 2.24) is 0 Å². The van der Waals surface area contributed by atoms with E-state index >= 15 is 0 Å². The Labute approximate surface area is 156 Å². The van der Waals surface area contributed by atoms with Crippen LogP contribution in [0.25, 0.3) is 22.3 Å². The van der Waals surface area contributed by atoms with Gasteiger partial charge in [-0.25, -0.2) is 0 Å². The van der Waals surface area contributed by atoms with Gasteiger partial charge in [-0.1, -0.05) is 83.1 Å². The van der Waals surface area contributed by atoms with E-state index in [1.807, 2.05) is 6.07 Å². The highest BCUT2D eigenvalue weighted by Gasteiger charge is 2.38.